The number of hydrogen-bond acceptors (Lipinski definition) is 5. The molecular weight excluding hydrogens is 348 g/mol. The van der Waals surface area contributed by atoms with Crippen LogP contribution in [0.2, 0.25) is 0 Å². The van der Waals surface area contributed by atoms with Crippen LogP contribution < -0.4 is 5.73 Å². The van der Waals surface area contributed by atoms with Crippen LogP contribution in [0.3, 0.4) is 0 Å². The van der Waals surface area contributed by atoms with E-state index in [1.54, 1.807) is 0 Å². The first-order chi connectivity index (χ1) is 12.0. The lowest BCUT2D eigenvalue weighted by Gasteiger charge is -2.21. The molecule has 0 saturated carbocycles. The van der Waals surface area contributed by atoms with Crippen molar-refractivity contribution in [2.45, 2.75) is 39.0 Å². The Morgan fingerprint density at radius 1 is 0.885 bits per heavy atom. The molecule has 0 radical (unpaired) electrons. The SMILES string of the molecule is CC(C)(N)c1noc(CN(Cc2ccccc2)Cc2ccccc2)n1.Cl. The van der Waals surface area contributed by atoms with Crippen molar-refractivity contribution in [1.29, 1.82) is 0 Å². The fraction of sp³-hybridized carbons (Fsp3) is 0.300. The van der Waals surface area contributed by atoms with Gasteiger partial charge in [-0.2, -0.15) is 4.98 Å². The van der Waals surface area contributed by atoms with Crippen molar-refractivity contribution < 1.29 is 4.52 Å². The number of hydrogen-bond donors (Lipinski definition) is 1. The summed E-state index contributed by atoms with van der Waals surface area (Å²) in [6, 6.07) is 20.8. The lowest BCUT2D eigenvalue weighted by molar-refractivity contribution is 0.210. The van der Waals surface area contributed by atoms with E-state index in [4.69, 9.17) is 10.3 Å². The fourth-order valence-electron chi connectivity index (χ4n) is 2.62. The van der Waals surface area contributed by atoms with E-state index in [0.29, 0.717) is 18.3 Å². The molecule has 0 spiro atoms. The van der Waals surface area contributed by atoms with Crippen LogP contribution in [0.5, 0.6) is 0 Å². The molecule has 0 aliphatic heterocycles. The highest BCUT2D eigenvalue weighted by molar-refractivity contribution is 5.85. The summed E-state index contributed by atoms with van der Waals surface area (Å²) < 4.78 is 5.41. The molecule has 0 unspecified atom stereocenters. The van der Waals surface area contributed by atoms with E-state index in [-0.39, 0.29) is 12.4 Å². The van der Waals surface area contributed by atoms with Gasteiger partial charge in [-0.3, -0.25) is 4.90 Å². The molecule has 1 heterocycles. The third-order valence-corrected chi connectivity index (χ3v) is 3.90. The van der Waals surface area contributed by atoms with Crippen molar-refractivity contribution in [1.82, 2.24) is 15.0 Å². The first-order valence-corrected chi connectivity index (χ1v) is 8.43. The minimum absolute atomic E-state index is 0. The highest BCUT2D eigenvalue weighted by atomic mass is 35.5. The van der Waals surface area contributed by atoms with Gasteiger partial charge in [-0.1, -0.05) is 65.8 Å². The van der Waals surface area contributed by atoms with E-state index in [2.05, 4.69) is 63.6 Å². The van der Waals surface area contributed by atoms with Gasteiger partial charge in [-0.05, 0) is 25.0 Å². The van der Waals surface area contributed by atoms with Gasteiger partial charge in [0.05, 0.1) is 12.1 Å². The molecule has 0 aliphatic rings. The zero-order chi connectivity index (χ0) is 17.7. The van der Waals surface area contributed by atoms with Gasteiger partial charge in [0.15, 0.2) is 5.82 Å². The van der Waals surface area contributed by atoms with Gasteiger partial charge in [0.1, 0.15) is 0 Å². The Bertz CT molecular complexity index is 743. The van der Waals surface area contributed by atoms with Gasteiger partial charge >= 0.3 is 0 Å². The molecule has 0 atom stereocenters. The molecule has 2 aromatic carbocycles. The lowest BCUT2D eigenvalue weighted by Crippen LogP contribution is -2.30. The first-order valence-electron chi connectivity index (χ1n) is 8.43. The second-order valence-corrected chi connectivity index (χ2v) is 6.85. The van der Waals surface area contributed by atoms with Crippen molar-refractivity contribution in [3.63, 3.8) is 0 Å². The standard InChI is InChI=1S/C20H24N4O.ClH/c1-20(2,21)19-22-18(25-23-19)15-24(13-16-9-5-3-6-10-16)14-17-11-7-4-8-12-17;/h3-12H,13-15,21H2,1-2H3;1H. The maximum atomic E-state index is 6.05. The molecule has 3 aromatic rings. The molecule has 26 heavy (non-hydrogen) atoms. The van der Waals surface area contributed by atoms with E-state index in [0.717, 1.165) is 13.1 Å². The van der Waals surface area contributed by atoms with E-state index >= 15 is 0 Å². The van der Waals surface area contributed by atoms with Crippen molar-refractivity contribution in [2.75, 3.05) is 0 Å². The van der Waals surface area contributed by atoms with Crippen LogP contribution in [0.1, 0.15) is 36.7 Å². The van der Waals surface area contributed by atoms with Gasteiger partial charge in [0, 0.05) is 13.1 Å². The molecule has 6 heteroatoms. The average Bonchev–Trinajstić information content (AvgIpc) is 3.05. The number of nitrogens with zero attached hydrogens (tertiary/aromatic N) is 3. The fourth-order valence-corrected chi connectivity index (χ4v) is 2.62. The third kappa shape index (κ3) is 5.66. The summed E-state index contributed by atoms with van der Waals surface area (Å²) in [6.45, 7) is 5.92. The minimum atomic E-state index is -0.606. The van der Waals surface area contributed by atoms with Gasteiger partial charge < -0.3 is 10.3 Å². The van der Waals surface area contributed by atoms with E-state index < -0.39 is 5.54 Å². The number of nitrogens with two attached hydrogens (primary N) is 1. The Hall–Kier alpha value is -2.21. The number of rotatable bonds is 7. The smallest absolute Gasteiger partial charge is 0.240 e. The molecule has 0 aliphatic carbocycles. The normalized spacial score (nSPS) is 11.4. The average molecular weight is 373 g/mol. The Kier molecular flexibility index (Phi) is 6.91. The second kappa shape index (κ2) is 8.94. The van der Waals surface area contributed by atoms with Crippen LogP contribution in [0.15, 0.2) is 65.2 Å². The summed E-state index contributed by atoms with van der Waals surface area (Å²) in [7, 11) is 0. The quantitative estimate of drug-likeness (QED) is 0.681. The predicted octanol–water partition coefficient (Wildman–Crippen LogP) is 3.89. The predicted molar refractivity (Wildman–Crippen MR) is 105 cm³/mol. The largest absolute Gasteiger partial charge is 0.338 e. The minimum Gasteiger partial charge on any atom is -0.338 e. The van der Waals surface area contributed by atoms with Gasteiger partial charge in [0.2, 0.25) is 5.89 Å². The molecule has 1 aromatic heterocycles. The highest BCUT2D eigenvalue weighted by Gasteiger charge is 2.22. The molecule has 0 bridgehead atoms. The summed E-state index contributed by atoms with van der Waals surface area (Å²) in [5.41, 5.74) is 7.94. The summed E-state index contributed by atoms with van der Waals surface area (Å²) in [6.07, 6.45) is 0. The Morgan fingerprint density at radius 2 is 1.38 bits per heavy atom. The first kappa shape index (κ1) is 20.1. The van der Waals surface area contributed by atoms with E-state index in [1.807, 2.05) is 26.0 Å². The molecule has 5 nitrogen and oxygen atoms in total. The van der Waals surface area contributed by atoms with Crippen LogP contribution in [-0.4, -0.2) is 15.0 Å². The number of aromatic nitrogens is 2. The second-order valence-electron chi connectivity index (χ2n) is 6.85. The summed E-state index contributed by atoms with van der Waals surface area (Å²) in [4.78, 5) is 6.74. The van der Waals surface area contributed by atoms with Gasteiger partial charge in [0.25, 0.3) is 0 Å². The zero-order valence-electron chi connectivity index (χ0n) is 15.1. The topological polar surface area (TPSA) is 68.2 Å². The van der Waals surface area contributed by atoms with Crippen molar-refractivity contribution in [2.24, 2.45) is 5.73 Å². The van der Waals surface area contributed by atoms with E-state index in [9.17, 15) is 0 Å². The number of halogens is 1. The maximum absolute atomic E-state index is 6.05. The molecule has 0 saturated heterocycles. The zero-order valence-corrected chi connectivity index (χ0v) is 15.9. The van der Waals surface area contributed by atoms with Crippen molar-refractivity contribution >= 4 is 12.4 Å². The molecule has 2 N–H and O–H groups in total. The molecular formula is C20H25ClN4O. The number of benzene rings is 2. The third-order valence-electron chi connectivity index (χ3n) is 3.90. The molecule has 3 rings (SSSR count). The van der Waals surface area contributed by atoms with Gasteiger partial charge in [-0.15, -0.1) is 12.4 Å². The molecule has 0 amide bonds. The lowest BCUT2D eigenvalue weighted by atomic mass is 10.1. The Labute approximate surface area is 160 Å². The maximum Gasteiger partial charge on any atom is 0.240 e. The van der Waals surface area contributed by atoms with Crippen LogP contribution in [-0.2, 0) is 25.2 Å². The summed E-state index contributed by atoms with van der Waals surface area (Å²) >= 11 is 0. The van der Waals surface area contributed by atoms with Crippen LogP contribution >= 0.6 is 12.4 Å². The highest BCUT2D eigenvalue weighted by Crippen LogP contribution is 2.16. The monoisotopic (exact) mass is 372 g/mol. The van der Waals surface area contributed by atoms with Crippen LogP contribution in [0, 0.1) is 0 Å². The Morgan fingerprint density at radius 3 is 1.81 bits per heavy atom. The Balaban J connectivity index is 0.00000243. The molecule has 0 fully saturated rings. The van der Waals surface area contributed by atoms with E-state index in [1.165, 1.54) is 11.1 Å². The van der Waals surface area contributed by atoms with Gasteiger partial charge in [-0.25, -0.2) is 0 Å². The van der Waals surface area contributed by atoms with Crippen LogP contribution in [0.4, 0.5) is 0 Å². The summed E-state index contributed by atoms with van der Waals surface area (Å²) in [5.74, 6) is 1.11. The molecule has 138 valence electrons. The van der Waals surface area contributed by atoms with Crippen molar-refractivity contribution in [3.05, 3.63) is 83.5 Å². The van der Waals surface area contributed by atoms with Crippen LogP contribution in [0.25, 0.3) is 0 Å². The van der Waals surface area contributed by atoms with Crippen molar-refractivity contribution in [3.8, 4) is 0 Å². The summed E-state index contributed by atoms with van der Waals surface area (Å²) in [5, 5.41) is 4.02.